The molecule has 38 heavy (non-hydrogen) atoms. The number of fused-ring (bicyclic) bond motifs is 1. The Balaban J connectivity index is 1.55. The molecule has 0 unspecified atom stereocenters. The van der Waals surface area contributed by atoms with Crippen LogP contribution in [0.4, 0.5) is 16.4 Å². The highest BCUT2D eigenvalue weighted by Crippen LogP contribution is 2.38. The van der Waals surface area contributed by atoms with Crippen molar-refractivity contribution in [1.29, 1.82) is 5.26 Å². The second-order valence-electron chi connectivity index (χ2n) is 8.14. The number of hydrogen-bond donors (Lipinski definition) is 4. The number of thiophene rings is 1. The third-order valence-electron chi connectivity index (χ3n) is 5.62. The first-order valence-electron chi connectivity index (χ1n) is 11.2. The van der Waals surface area contributed by atoms with Crippen LogP contribution in [-0.2, 0) is 27.7 Å². The Hall–Kier alpha value is -3.63. The summed E-state index contributed by atoms with van der Waals surface area (Å²) < 4.78 is 28.1. The van der Waals surface area contributed by atoms with E-state index < -0.39 is 27.5 Å². The fourth-order valence-corrected chi connectivity index (χ4v) is 6.62. The number of nitriles is 1. The van der Waals surface area contributed by atoms with Crippen LogP contribution >= 0.6 is 34.5 Å². The molecule has 10 nitrogen and oxygen atoms in total. The first kappa shape index (κ1) is 27.4. The number of anilines is 3. The van der Waals surface area contributed by atoms with E-state index in [0.717, 1.165) is 29.7 Å². The number of sulfonamides is 1. The Kier molecular flexibility index (Phi) is 8.23. The number of benzene rings is 2. The van der Waals surface area contributed by atoms with Crippen LogP contribution in [-0.4, -0.2) is 25.9 Å². The predicted octanol–water partition coefficient (Wildman–Crippen LogP) is 4.76. The number of nitrogens with one attached hydrogen (secondary N) is 3. The molecule has 2 amide bonds. The Morgan fingerprint density at radius 1 is 1.05 bits per heavy atom. The van der Waals surface area contributed by atoms with Crippen molar-refractivity contribution in [2.45, 2.75) is 30.6 Å². The molecule has 0 atom stereocenters. The number of carbonyl (C=O) groups is 2. The first-order chi connectivity index (χ1) is 18.1. The van der Waals surface area contributed by atoms with Crippen molar-refractivity contribution in [3.63, 3.8) is 0 Å². The zero-order valence-electron chi connectivity index (χ0n) is 19.5. The van der Waals surface area contributed by atoms with E-state index in [9.17, 15) is 23.3 Å². The van der Waals surface area contributed by atoms with E-state index in [1.165, 1.54) is 41.7 Å². The second-order valence-corrected chi connectivity index (χ2v) is 11.7. The van der Waals surface area contributed by atoms with Crippen LogP contribution in [0.3, 0.4) is 0 Å². The minimum atomic E-state index is -4.06. The molecular formula is C24H20Cl2N6O4S2. The van der Waals surface area contributed by atoms with Crippen molar-refractivity contribution in [2.75, 3.05) is 15.5 Å². The Labute approximate surface area is 232 Å². The number of primary amides is 1. The Morgan fingerprint density at radius 2 is 1.76 bits per heavy atom. The van der Waals surface area contributed by atoms with Crippen molar-refractivity contribution in [3.8, 4) is 6.07 Å². The van der Waals surface area contributed by atoms with Gasteiger partial charge in [0.25, 0.3) is 21.8 Å². The van der Waals surface area contributed by atoms with Crippen LogP contribution in [0.15, 0.2) is 52.5 Å². The molecule has 0 fully saturated rings. The van der Waals surface area contributed by atoms with E-state index in [1.54, 1.807) is 18.2 Å². The third kappa shape index (κ3) is 5.92. The molecule has 1 aliphatic carbocycles. The summed E-state index contributed by atoms with van der Waals surface area (Å²) in [5.41, 5.74) is 8.73. The maximum Gasteiger partial charge on any atom is 0.287 e. The number of hydrogen-bond acceptors (Lipinski definition) is 8. The topological polar surface area (TPSA) is 167 Å². The largest absolute Gasteiger partial charge is 0.365 e. The van der Waals surface area contributed by atoms with Gasteiger partial charge >= 0.3 is 0 Å². The van der Waals surface area contributed by atoms with E-state index in [1.807, 2.05) is 0 Å². The lowest BCUT2D eigenvalue weighted by Crippen LogP contribution is -2.24. The Bertz CT molecular complexity index is 1610. The number of halogens is 2. The van der Waals surface area contributed by atoms with Crippen molar-refractivity contribution in [2.24, 2.45) is 10.8 Å². The van der Waals surface area contributed by atoms with Gasteiger partial charge in [-0.2, -0.15) is 10.4 Å². The highest BCUT2D eigenvalue weighted by Gasteiger charge is 2.26. The molecule has 2 aromatic carbocycles. The van der Waals surface area contributed by atoms with E-state index in [4.69, 9.17) is 28.9 Å². The van der Waals surface area contributed by atoms with E-state index >= 15 is 0 Å². The number of amides is 2. The SMILES string of the molecule is N#CC(=NNc1cc(S(=O)(=O)Nc2ccccc2Cl)ccc1Cl)C(=O)Nc1sc2c(c1C(N)=O)CCCC2. The number of nitrogens with zero attached hydrogens (tertiary/aromatic N) is 2. The van der Waals surface area contributed by atoms with Gasteiger partial charge in [-0.3, -0.25) is 19.7 Å². The molecule has 4 rings (SSSR count). The molecule has 0 bridgehead atoms. The summed E-state index contributed by atoms with van der Waals surface area (Å²) >= 11 is 13.5. The normalized spacial score (nSPS) is 13.2. The van der Waals surface area contributed by atoms with Gasteiger partial charge in [0.05, 0.1) is 31.9 Å². The van der Waals surface area contributed by atoms with Crippen LogP contribution in [0.1, 0.15) is 33.6 Å². The number of para-hydroxylation sites is 1. The van der Waals surface area contributed by atoms with Gasteiger partial charge in [-0.05, 0) is 61.6 Å². The van der Waals surface area contributed by atoms with Gasteiger partial charge < -0.3 is 11.1 Å². The smallest absolute Gasteiger partial charge is 0.287 e. The average molecular weight is 592 g/mol. The summed E-state index contributed by atoms with van der Waals surface area (Å²) in [6, 6.07) is 11.8. The maximum absolute atomic E-state index is 12.9. The molecular weight excluding hydrogens is 571 g/mol. The summed E-state index contributed by atoms with van der Waals surface area (Å²) in [7, 11) is -4.06. The molecule has 1 aliphatic rings. The molecule has 0 aliphatic heterocycles. The van der Waals surface area contributed by atoms with Crippen LogP contribution in [0.2, 0.25) is 10.0 Å². The molecule has 196 valence electrons. The lowest BCUT2D eigenvalue weighted by Gasteiger charge is -2.11. The second kappa shape index (κ2) is 11.4. The summed E-state index contributed by atoms with van der Waals surface area (Å²) in [5.74, 6) is -1.54. The number of hydrazone groups is 1. The lowest BCUT2D eigenvalue weighted by molar-refractivity contribution is -0.110. The van der Waals surface area contributed by atoms with Crippen molar-refractivity contribution in [1.82, 2.24) is 0 Å². The first-order valence-corrected chi connectivity index (χ1v) is 14.2. The summed E-state index contributed by atoms with van der Waals surface area (Å²) in [5, 5.41) is 16.4. The third-order valence-corrected chi connectivity index (χ3v) is 8.85. The molecule has 0 radical (unpaired) electrons. The molecule has 0 saturated carbocycles. The highest BCUT2D eigenvalue weighted by atomic mass is 35.5. The summed E-state index contributed by atoms with van der Waals surface area (Å²) in [4.78, 5) is 25.7. The van der Waals surface area contributed by atoms with Gasteiger partial charge in [-0.25, -0.2) is 8.42 Å². The summed E-state index contributed by atoms with van der Waals surface area (Å²) in [6.45, 7) is 0. The Morgan fingerprint density at radius 3 is 2.47 bits per heavy atom. The van der Waals surface area contributed by atoms with Gasteiger partial charge in [0.1, 0.15) is 11.1 Å². The maximum atomic E-state index is 12.9. The average Bonchev–Trinajstić information content (AvgIpc) is 3.24. The number of carbonyl (C=O) groups excluding carboxylic acids is 2. The van der Waals surface area contributed by atoms with Crippen LogP contribution in [0, 0.1) is 11.3 Å². The zero-order chi connectivity index (χ0) is 27.4. The van der Waals surface area contributed by atoms with E-state index in [2.05, 4.69) is 20.6 Å². The zero-order valence-corrected chi connectivity index (χ0v) is 22.7. The van der Waals surface area contributed by atoms with Gasteiger partial charge in [0, 0.05) is 4.88 Å². The molecule has 3 aromatic rings. The van der Waals surface area contributed by atoms with E-state index in [-0.39, 0.29) is 36.9 Å². The minimum absolute atomic E-state index is 0.0265. The molecule has 1 heterocycles. The molecule has 5 N–H and O–H groups in total. The quantitative estimate of drug-likeness (QED) is 0.218. The van der Waals surface area contributed by atoms with Crippen molar-refractivity contribution < 1.29 is 18.0 Å². The molecule has 0 spiro atoms. The predicted molar refractivity (Wildman–Crippen MR) is 148 cm³/mol. The molecule has 0 saturated heterocycles. The minimum Gasteiger partial charge on any atom is -0.365 e. The fraction of sp³-hybridized carbons (Fsp3) is 0.167. The molecule has 14 heteroatoms. The number of rotatable bonds is 8. The van der Waals surface area contributed by atoms with Crippen LogP contribution in [0.25, 0.3) is 0 Å². The van der Waals surface area contributed by atoms with Crippen molar-refractivity contribution in [3.05, 3.63) is 68.5 Å². The van der Waals surface area contributed by atoms with Gasteiger partial charge in [0.2, 0.25) is 5.71 Å². The monoisotopic (exact) mass is 590 g/mol. The molecule has 1 aromatic heterocycles. The van der Waals surface area contributed by atoms with Gasteiger partial charge in [0.15, 0.2) is 0 Å². The fourth-order valence-electron chi connectivity index (χ4n) is 3.82. The van der Waals surface area contributed by atoms with Crippen LogP contribution in [0.5, 0.6) is 0 Å². The van der Waals surface area contributed by atoms with Gasteiger partial charge in [-0.1, -0.05) is 35.3 Å². The lowest BCUT2D eigenvalue weighted by atomic mass is 9.95. The highest BCUT2D eigenvalue weighted by molar-refractivity contribution is 7.92. The van der Waals surface area contributed by atoms with Gasteiger partial charge in [-0.15, -0.1) is 11.3 Å². The summed E-state index contributed by atoms with van der Waals surface area (Å²) in [6.07, 6.45) is 3.34. The number of nitrogens with two attached hydrogens (primary N) is 1. The van der Waals surface area contributed by atoms with E-state index in [0.29, 0.717) is 6.42 Å². The number of aryl methyl sites for hydroxylation is 1. The van der Waals surface area contributed by atoms with Crippen LogP contribution < -0.4 is 21.2 Å². The standard InChI is InChI=1S/C24H20Cl2N6O4S2/c25-15-6-2-3-7-17(15)32-38(35,36)13-9-10-16(26)18(11-13)30-31-19(12-27)23(34)29-24-21(22(28)33)14-5-1-4-8-20(14)37-24/h2-3,6-7,9-11,30,32H,1,4-5,8H2,(H2,28,33)(H,29,34). The van der Waals surface area contributed by atoms with Crippen molar-refractivity contribution >= 4 is 78.5 Å².